The third kappa shape index (κ3) is 3.64. The van der Waals surface area contributed by atoms with E-state index in [2.05, 4.69) is 4.90 Å². The van der Waals surface area contributed by atoms with Crippen LogP contribution in [0.25, 0.3) is 0 Å². The van der Waals surface area contributed by atoms with Crippen LogP contribution >= 0.6 is 0 Å². The van der Waals surface area contributed by atoms with Crippen LogP contribution in [0.15, 0.2) is 29.2 Å². The molecule has 4 nitrogen and oxygen atoms in total. The van der Waals surface area contributed by atoms with Crippen LogP contribution in [0.4, 0.5) is 5.69 Å². The van der Waals surface area contributed by atoms with E-state index in [0.717, 1.165) is 31.6 Å². The highest BCUT2D eigenvalue weighted by Crippen LogP contribution is 2.30. The van der Waals surface area contributed by atoms with E-state index in [1.807, 2.05) is 19.1 Å². The van der Waals surface area contributed by atoms with E-state index in [1.54, 1.807) is 19.1 Å². The molecule has 1 fully saturated rings. The van der Waals surface area contributed by atoms with E-state index in [4.69, 9.17) is 0 Å². The summed E-state index contributed by atoms with van der Waals surface area (Å²) in [6, 6.07) is 7.21. The molecule has 1 aliphatic heterocycles. The van der Waals surface area contributed by atoms with Gasteiger partial charge in [0.05, 0.1) is 16.3 Å². The van der Waals surface area contributed by atoms with Gasteiger partial charge in [-0.2, -0.15) is 0 Å². The second-order valence-electron chi connectivity index (χ2n) is 5.66. The molecule has 116 valence electrons. The van der Waals surface area contributed by atoms with Crippen molar-refractivity contribution in [1.29, 1.82) is 0 Å². The van der Waals surface area contributed by atoms with Crippen molar-refractivity contribution in [3.63, 3.8) is 0 Å². The van der Waals surface area contributed by atoms with Gasteiger partial charge in [0.15, 0.2) is 9.84 Å². The summed E-state index contributed by atoms with van der Waals surface area (Å²) < 4.78 is 24.8. The summed E-state index contributed by atoms with van der Waals surface area (Å²) in [6.45, 7) is 4.99. The number of rotatable bonds is 5. The van der Waals surface area contributed by atoms with Gasteiger partial charge in [-0.25, -0.2) is 8.42 Å². The Morgan fingerprint density at radius 3 is 2.43 bits per heavy atom. The number of hydrogen-bond donors (Lipinski definition) is 0. The summed E-state index contributed by atoms with van der Waals surface area (Å²) in [6.07, 6.45) is 2.22. The summed E-state index contributed by atoms with van der Waals surface area (Å²) in [7, 11) is -3.23. The minimum absolute atomic E-state index is 0.126. The van der Waals surface area contributed by atoms with Crippen LogP contribution in [-0.2, 0) is 14.6 Å². The molecule has 0 amide bonds. The van der Waals surface area contributed by atoms with Gasteiger partial charge in [0.25, 0.3) is 0 Å². The fourth-order valence-electron chi connectivity index (χ4n) is 2.89. The van der Waals surface area contributed by atoms with Crippen LogP contribution < -0.4 is 4.90 Å². The Kier molecular flexibility index (Phi) is 5.04. The number of para-hydroxylation sites is 1. The fourth-order valence-corrected chi connectivity index (χ4v) is 4.45. The second-order valence-corrected chi connectivity index (χ2v) is 7.74. The molecule has 1 saturated heterocycles. The molecule has 1 aromatic carbocycles. The van der Waals surface area contributed by atoms with Crippen LogP contribution in [0.5, 0.6) is 0 Å². The van der Waals surface area contributed by atoms with Crippen molar-refractivity contribution >= 4 is 21.3 Å². The number of benzene rings is 1. The van der Waals surface area contributed by atoms with Crippen molar-refractivity contribution in [2.75, 3.05) is 23.7 Å². The van der Waals surface area contributed by atoms with Crippen LogP contribution in [0.3, 0.4) is 0 Å². The highest BCUT2D eigenvalue weighted by molar-refractivity contribution is 7.91. The van der Waals surface area contributed by atoms with E-state index >= 15 is 0 Å². The molecule has 0 bridgehead atoms. The van der Waals surface area contributed by atoms with E-state index in [9.17, 15) is 13.2 Å². The predicted octanol–water partition coefficient (Wildman–Crippen LogP) is 2.68. The van der Waals surface area contributed by atoms with Gasteiger partial charge in [0.2, 0.25) is 0 Å². The molecule has 0 unspecified atom stereocenters. The van der Waals surface area contributed by atoms with Crippen molar-refractivity contribution < 1.29 is 13.2 Å². The van der Waals surface area contributed by atoms with Crippen LogP contribution in [0, 0.1) is 5.92 Å². The molecule has 0 aromatic heterocycles. The van der Waals surface area contributed by atoms with E-state index < -0.39 is 9.84 Å². The number of sulfone groups is 1. The Labute approximate surface area is 127 Å². The molecular weight excluding hydrogens is 286 g/mol. The molecule has 0 radical (unpaired) electrons. The zero-order valence-electron chi connectivity index (χ0n) is 12.7. The maximum absolute atomic E-state index is 12.4. The molecule has 0 spiro atoms. The summed E-state index contributed by atoms with van der Waals surface area (Å²) in [4.78, 5) is 14.0. The van der Waals surface area contributed by atoms with E-state index in [1.165, 1.54) is 0 Å². The summed E-state index contributed by atoms with van der Waals surface area (Å²) in [5.74, 6) is 0.538. The van der Waals surface area contributed by atoms with Gasteiger partial charge >= 0.3 is 0 Å². The summed E-state index contributed by atoms with van der Waals surface area (Å²) in [5, 5.41) is 0. The number of carbonyl (C=O) groups excluding carboxylic acids is 1. The number of hydrogen-bond acceptors (Lipinski definition) is 4. The van der Waals surface area contributed by atoms with Gasteiger partial charge in [-0.3, -0.25) is 4.79 Å². The average Bonchev–Trinajstić information content (AvgIpc) is 2.47. The average molecular weight is 309 g/mol. The third-order valence-electron chi connectivity index (χ3n) is 4.08. The zero-order chi connectivity index (χ0) is 15.5. The lowest BCUT2D eigenvalue weighted by molar-refractivity contribution is -0.121. The van der Waals surface area contributed by atoms with Gasteiger partial charge in [-0.05, 0) is 38.3 Å². The highest BCUT2D eigenvalue weighted by atomic mass is 32.2. The summed E-state index contributed by atoms with van der Waals surface area (Å²) in [5.41, 5.74) is 0.785. The number of carbonyl (C=O) groups is 1. The van der Waals surface area contributed by atoms with Crippen molar-refractivity contribution in [2.45, 2.75) is 38.0 Å². The Bertz CT molecular complexity index is 602. The number of nitrogens with zero attached hydrogens (tertiary/aromatic N) is 1. The Balaban J connectivity index is 2.24. The number of ketones is 1. The summed E-state index contributed by atoms with van der Waals surface area (Å²) >= 11 is 0. The maximum atomic E-state index is 12.4. The van der Waals surface area contributed by atoms with Crippen molar-refractivity contribution in [2.24, 2.45) is 5.92 Å². The molecule has 0 atom stereocenters. The molecule has 1 aliphatic rings. The van der Waals surface area contributed by atoms with Gasteiger partial charge in [-0.1, -0.05) is 19.1 Å². The number of piperidine rings is 1. The van der Waals surface area contributed by atoms with Crippen molar-refractivity contribution in [3.8, 4) is 0 Å². The minimum atomic E-state index is -3.23. The predicted molar refractivity (Wildman–Crippen MR) is 84.4 cm³/mol. The van der Waals surface area contributed by atoms with Crippen molar-refractivity contribution in [1.82, 2.24) is 0 Å². The first-order chi connectivity index (χ1) is 9.95. The maximum Gasteiger partial charge on any atom is 0.180 e. The fraction of sp³-hybridized carbons (Fsp3) is 0.562. The largest absolute Gasteiger partial charge is 0.370 e. The quantitative estimate of drug-likeness (QED) is 0.839. The van der Waals surface area contributed by atoms with Gasteiger partial charge in [-0.15, -0.1) is 0 Å². The molecule has 1 heterocycles. The zero-order valence-corrected chi connectivity index (χ0v) is 13.5. The van der Waals surface area contributed by atoms with Gasteiger partial charge in [0, 0.05) is 19.0 Å². The van der Waals surface area contributed by atoms with Crippen LogP contribution in [0.1, 0.15) is 33.1 Å². The van der Waals surface area contributed by atoms with E-state index in [-0.39, 0.29) is 17.5 Å². The Morgan fingerprint density at radius 2 is 1.86 bits per heavy atom. The standard InChI is InChI=1S/C16H23NO3S/c1-3-12-21(19,20)16-7-5-4-6-15(16)17-10-8-14(9-11-17)13(2)18/h4-7,14H,3,8-12H2,1-2H3. The van der Waals surface area contributed by atoms with Crippen LogP contribution in [0.2, 0.25) is 0 Å². The Morgan fingerprint density at radius 1 is 1.24 bits per heavy atom. The lowest BCUT2D eigenvalue weighted by Gasteiger charge is -2.33. The second kappa shape index (κ2) is 6.60. The Hall–Kier alpha value is -1.36. The number of Topliss-reactive ketones (excluding diaryl/α,β-unsaturated/α-hetero) is 1. The van der Waals surface area contributed by atoms with Gasteiger partial charge < -0.3 is 4.90 Å². The molecule has 0 N–H and O–H groups in total. The number of anilines is 1. The smallest absolute Gasteiger partial charge is 0.180 e. The molecular formula is C16H23NO3S. The first-order valence-electron chi connectivity index (χ1n) is 7.53. The molecule has 21 heavy (non-hydrogen) atoms. The molecule has 5 heteroatoms. The minimum Gasteiger partial charge on any atom is -0.370 e. The first kappa shape index (κ1) is 16.0. The SMILES string of the molecule is CCCS(=O)(=O)c1ccccc1N1CCC(C(C)=O)CC1. The first-order valence-corrected chi connectivity index (χ1v) is 9.18. The van der Waals surface area contributed by atoms with Crippen molar-refractivity contribution in [3.05, 3.63) is 24.3 Å². The van der Waals surface area contributed by atoms with Gasteiger partial charge in [0.1, 0.15) is 5.78 Å². The topological polar surface area (TPSA) is 54.5 Å². The third-order valence-corrected chi connectivity index (χ3v) is 6.04. The molecule has 0 aliphatic carbocycles. The molecule has 0 saturated carbocycles. The monoisotopic (exact) mass is 309 g/mol. The van der Waals surface area contributed by atoms with Crippen LogP contribution in [-0.4, -0.2) is 33.0 Å². The lowest BCUT2D eigenvalue weighted by Crippen LogP contribution is -2.36. The molecule has 2 rings (SSSR count). The van der Waals surface area contributed by atoms with E-state index in [0.29, 0.717) is 11.3 Å². The lowest BCUT2D eigenvalue weighted by atomic mass is 9.93. The molecule has 1 aromatic rings. The highest BCUT2D eigenvalue weighted by Gasteiger charge is 2.26. The normalized spacial score (nSPS) is 17.0.